The van der Waals surface area contributed by atoms with Crippen LogP contribution in [0.2, 0.25) is 0 Å². The minimum atomic E-state index is -0.828. The first-order valence-electron chi connectivity index (χ1n) is 27.0. The molecule has 0 aliphatic rings. The monoisotopic (exact) mass is 927 g/mol. The van der Waals surface area contributed by atoms with Crippen molar-refractivity contribution in [3.63, 3.8) is 0 Å². The van der Waals surface area contributed by atoms with Gasteiger partial charge >= 0.3 is 17.9 Å². The fraction of sp³-hybridized carbons (Fsp3) is 0.623. The summed E-state index contributed by atoms with van der Waals surface area (Å²) >= 11 is 0. The van der Waals surface area contributed by atoms with Gasteiger partial charge in [-0.3, -0.25) is 14.4 Å². The molecule has 6 heteroatoms. The SMILES string of the molecule is CC/C=C\C/C=C\C/C=C\C/C=C\C/C=C\CCCC(=O)O[C@H](COC(=O)CCCCC/C=C\C/C=C\C/C=C\C/C=C\CCCCC)COC(=O)CCCCCCC/C=C\CCCCCC. The number of ether oxygens (including phenoxy) is 3. The second kappa shape index (κ2) is 54.4. The number of hydrogen-bond donors (Lipinski definition) is 0. The van der Waals surface area contributed by atoms with Gasteiger partial charge in [0.05, 0.1) is 0 Å². The fourth-order valence-electron chi connectivity index (χ4n) is 6.87. The molecule has 0 aromatic carbocycles. The molecule has 0 aliphatic carbocycles. The van der Waals surface area contributed by atoms with E-state index in [0.717, 1.165) is 116 Å². The smallest absolute Gasteiger partial charge is 0.306 e. The number of carbonyl (C=O) groups is 3. The van der Waals surface area contributed by atoms with Crippen molar-refractivity contribution in [2.75, 3.05) is 13.2 Å². The maximum absolute atomic E-state index is 12.8. The molecule has 6 nitrogen and oxygen atoms in total. The zero-order chi connectivity index (χ0) is 48.6. The fourth-order valence-corrected chi connectivity index (χ4v) is 6.87. The van der Waals surface area contributed by atoms with E-state index >= 15 is 0 Å². The number of hydrogen-bond acceptors (Lipinski definition) is 6. The highest BCUT2D eigenvalue weighted by Gasteiger charge is 2.19. The number of esters is 3. The van der Waals surface area contributed by atoms with Crippen molar-refractivity contribution >= 4 is 17.9 Å². The molecule has 0 saturated carbocycles. The summed E-state index contributed by atoms with van der Waals surface area (Å²) in [6.45, 7) is 6.38. The van der Waals surface area contributed by atoms with Crippen LogP contribution in [0.3, 0.4) is 0 Å². The Morgan fingerprint density at radius 1 is 0.313 bits per heavy atom. The van der Waals surface area contributed by atoms with Gasteiger partial charge in [0.1, 0.15) is 13.2 Å². The summed E-state index contributed by atoms with van der Waals surface area (Å²) in [7, 11) is 0. The molecule has 67 heavy (non-hydrogen) atoms. The number of rotatable bonds is 47. The van der Waals surface area contributed by atoms with Crippen LogP contribution in [0.25, 0.3) is 0 Å². The lowest BCUT2D eigenvalue weighted by Gasteiger charge is -2.18. The van der Waals surface area contributed by atoms with E-state index in [4.69, 9.17) is 14.2 Å². The van der Waals surface area contributed by atoms with E-state index in [-0.39, 0.29) is 37.5 Å². The molecule has 0 unspecified atom stereocenters. The predicted octanol–water partition coefficient (Wildman–Crippen LogP) is 18.1. The van der Waals surface area contributed by atoms with Gasteiger partial charge in [0.2, 0.25) is 0 Å². The Morgan fingerprint density at radius 3 is 1.01 bits per heavy atom. The van der Waals surface area contributed by atoms with E-state index in [2.05, 4.69) is 142 Å². The molecule has 0 aromatic rings. The van der Waals surface area contributed by atoms with E-state index in [1.165, 1.54) is 64.2 Å². The Balaban J connectivity index is 4.56. The number of allylic oxidation sites excluding steroid dienone is 20. The molecule has 0 N–H and O–H groups in total. The zero-order valence-electron chi connectivity index (χ0n) is 43.1. The summed E-state index contributed by atoms with van der Waals surface area (Å²) < 4.78 is 16.7. The standard InChI is InChI=1S/C61H98O6/c1-4-7-10-13-16-19-22-25-27-29-30-32-33-36-39-42-45-48-51-54-60(63)66-57-58(56-65-59(62)53-50-47-44-41-38-35-24-21-18-15-12-9-6-3)67-61(64)55-52-49-46-43-40-37-34-31-28-26-23-20-17-14-11-8-5-2/h8,11,16-17,19-21,24-28,30,32,34,36-37,39,43,46,58H,4-7,9-10,12-15,18,22-23,29,31,33,35,38,40-42,44-45,47-57H2,1-3H3/b11-8-,19-16-,20-17-,24-21-,27-25-,28-26-,32-30-,37-34-,39-36-,46-43-/t58-/m0/s1. The van der Waals surface area contributed by atoms with Crippen LogP contribution < -0.4 is 0 Å². The first-order valence-corrected chi connectivity index (χ1v) is 27.0. The van der Waals surface area contributed by atoms with Gasteiger partial charge in [0, 0.05) is 19.3 Å². The zero-order valence-corrected chi connectivity index (χ0v) is 43.1. The summed E-state index contributed by atoms with van der Waals surface area (Å²) in [5, 5.41) is 0. The van der Waals surface area contributed by atoms with Crippen molar-refractivity contribution in [3.05, 3.63) is 122 Å². The molecule has 0 spiro atoms. The predicted molar refractivity (Wildman–Crippen MR) is 288 cm³/mol. The second-order valence-electron chi connectivity index (χ2n) is 17.4. The topological polar surface area (TPSA) is 78.9 Å². The Morgan fingerprint density at radius 2 is 0.597 bits per heavy atom. The van der Waals surface area contributed by atoms with Gasteiger partial charge in [-0.2, -0.15) is 0 Å². The van der Waals surface area contributed by atoms with Crippen LogP contribution in [0, 0.1) is 0 Å². The third-order valence-corrected chi connectivity index (χ3v) is 10.9. The summed E-state index contributed by atoms with van der Waals surface area (Å²) in [6, 6.07) is 0. The summed E-state index contributed by atoms with van der Waals surface area (Å²) in [6.07, 6.45) is 74.7. The lowest BCUT2D eigenvalue weighted by Crippen LogP contribution is -2.30. The maximum atomic E-state index is 12.8. The minimum Gasteiger partial charge on any atom is -0.462 e. The minimum absolute atomic E-state index is 0.119. The van der Waals surface area contributed by atoms with Crippen molar-refractivity contribution in [1.82, 2.24) is 0 Å². The molecular weight excluding hydrogens is 829 g/mol. The van der Waals surface area contributed by atoms with Crippen LogP contribution in [-0.4, -0.2) is 37.2 Å². The number of unbranched alkanes of at least 4 members (excludes halogenated alkanes) is 16. The van der Waals surface area contributed by atoms with Crippen LogP contribution in [0.1, 0.15) is 226 Å². The van der Waals surface area contributed by atoms with Crippen LogP contribution in [0.4, 0.5) is 0 Å². The first kappa shape index (κ1) is 62.8. The number of carbonyl (C=O) groups excluding carboxylic acids is 3. The quantitative estimate of drug-likeness (QED) is 0.0262. The Hall–Kier alpha value is -4.19. The van der Waals surface area contributed by atoms with Crippen molar-refractivity contribution < 1.29 is 28.6 Å². The molecule has 0 aliphatic heterocycles. The Labute approximate surface area is 412 Å². The van der Waals surface area contributed by atoms with E-state index < -0.39 is 6.10 Å². The van der Waals surface area contributed by atoms with Crippen LogP contribution in [0.5, 0.6) is 0 Å². The van der Waals surface area contributed by atoms with Gasteiger partial charge < -0.3 is 14.2 Å². The van der Waals surface area contributed by atoms with E-state index in [0.29, 0.717) is 19.3 Å². The van der Waals surface area contributed by atoms with Crippen molar-refractivity contribution in [2.45, 2.75) is 232 Å². The molecule has 0 rings (SSSR count). The molecular formula is C61H98O6. The normalized spacial score (nSPS) is 13.1. The Bertz CT molecular complexity index is 1440. The molecule has 0 saturated heterocycles. The summed E-state index contributed by atoms with van der Waals surface area (Å²) in [5.41, 5.74) is 0. The highest BCUT2D eigenvalue weighted by atomic mass is 16.6. The average Bonchev–Trinajstić information content (AvgIpc) is 3.33. The van der Waals surface area contributed by atoms with Gasteiger partial charge in [0.25, 0.3) is 0 Å². The van der Waals surface area contributed by atoms with Crippen molar-refractivity contribution in [3.8, 4) is 0 Å². The summed E-state index contributed by atoms with van der Waals surface area (Å²) in [4.78, 5) is 38.0. The highest BCUT2D eigenvalue weighted by Crippen LogP contribution is 2.12. The van der Waals surface area contributed by atoms with E-state index in [9.17, 15) is 14.4 Å². The lowest BCUT2D eigenvalue weighted by atomic mass is 10.1. The van der Waals surface area contributed by atoms with Crippen LogP contribution >= 0.6 is 0 Å². The third-order valence-electron chi connectivity index (χ3n) is 10.9. The van der Waals surface area contributed by atoms with Crippen LogP contribution in [0.15, 0.2) is 122 Å². The van der Waals surface area contributed by atoms with E-state index in [1.54, 1.807) is 0 Å². The van der Waals surface area contributed by atoms with Gasteiger partial charge in [-0.15, -0.1) is 0 Å². The molecule has 0 fully saturated rings. The molecule has 0 aromatic heterocycles. The van der Waals surface area contributed by atoms with Crippen molar-refractivity contribution in [1.29, 1.82) is 0 Å². The highest BCUT2D eigenvalue weighted by molar-refractivity contribution is 5.71. The van der Waals surface area contributed by atoms with Crippen molar-refractivity contribution in [2.24, 2.45) is 0 Å². The molecule has 378 valence electrons. The van der Waals surface area contributed by atoms with Gasteiger partial charge in [0.15, 0.2) is 6.10 Å². The van der Waals surface area contributed by atoms with E-state index in [1.807, 2.05) is 0 Å². The van der Waals surface area contributed by atoms with Gasteiger partial charge in [-0.05, 0) is 128 Å². The molecule has 0 bridgehead atoms. The average molecular weight is 927 g/mol. The summed E-state index contributed by atoms with van der Waals surface area (Å²) in [5.74, 6) is -1.02. The largest absolute Gasteiger partial charge is 0.462 e. The maximum Gasteiger partial charge on any atom is 0.306 e. The molecule has 0 amide bonds. The van der Waals surface area contributed by atoms with Gasteiger partial charge in [-0.25, -0.2) is 0 Å². The second-order valence-corrected chi connectivity index (χ2v) is 17.4. The van der Waals surface area contributed by atoms with Gasteiger partial charge in [-0.1, -0.05) is 200 Å². The molecule has 1 atom stereocenters. The molecule has 0 heterocycles. The Kier molecular flexibility index (Phi) is 51.0. The molecule has 0 radical (unpaired) electrons. The third kappa shape index (κ3) is 52.6. The lowest BCUT2D eigenvalue weighted by molar-refractivity contribution is -0.167. The first-order chi connectivity index (χ1) is 33.0. The van der Waals surface area contributed by atoms with Crippen LogP contribution in [-0.2, 0) is 28.6 Å².